The zero-order valence-electron chi connectivity index (χ0n) is 21.5. The van der Waals surface area contributed by atoms with Crippen molar-refractivity contribution in [2.75, 3.05) is 25.0 Å². The van der Waals surface area contributed by atoms with E-state index < -0.39 is 47.8 Å². The summed E-state index contributed by atoms with van der Waals surface area (Å²) in [6.45, 7) is 1.01. The van der Waals surface area contributed by atoms with Crippen molar-refractivity contribution in [3.63, 3.8) is 0 Å². The molecule has 4 N–H and O–H groups in total. The van der Waals surface area contributed by atoms with Crippen LogP contribution in [0.1, 0.15) is 59.2 Å². The van der Waals surface area contributed by atoms with Gasteiger partial charge in [0.15, 0.2) is 0 Å². The van der Waals surface area contributed by atoms with Crippen molar-refractivity contribution < 1.29 is 56.9 Å². The zero-order valence-corrected chi connectivity index (χ0v) is 21.5. The van der Waals surface area contributed by atoms with Crippen LogP contribution in [0.25, 0.3) is 0 Å². The summed E-state index contributed by atoms with van der Waals surface area (Å²) in [6, 6.07) is 3.64. The second-order valence-corrected chi connectivity index (χ2v) is 9.59. The van der Waals surface area contributed by atoms with Crippen molar-refractivity contribution in [3.05, 3.63) is 29.3 Å². The lowest BCUT2D eigenvalue weighted by Gasteiger charge is -2.32. The Balaban J connectivity index is 0.000000587. The molecule has 41 heavy (non-hydrogen) atoms. The molecular formula is C25H27F3N4O9. The summed E-state index contributed by atoms with van der Waals surface area (Å²) in [5.41, 5.74) is 0.583. The number of aliphatic carboxylic acids is 2. The van der Waals surface area contributed by atoms with E-state index in [2.05, 4.69) is 10.6 Å². The number of anilines is 1. The van der Waals surface area contributed by atoms with Crippen LogP contribution in [0, 0.1) is 5.92 Å². The highest BCUT2D eigenvalue weighted by Crippen LogP contribution is 2.32. The molecule has 4 rings (SSSR count). The Hall–Kier alpha value is -4.50. The normalized spacial score (nSPS) is 19.2. The maximum absolute atomic E-state index is 13.1. The number of carboxylic acids is 2. The second-order valence-electron chi connectivity index (χ2n) is 9.59. The van der Waals surface area contributed by atoms with Gasteiger partial charge in [-0.15, -0.1) is 0 Å². The van der Waals surface area contributed by atoms with Gasteiger partial charge in [0.25, 0.3) is 11.8 Å². The maximum Gasteiger partial charge on any atom is 0.490 e. The van der Waals surface area contributed by atoms with Crippen LogP contribution in [-0.4, -0.2) is 93.3 Å². The van der Waals surface area contributed by atoms with E-state index in [0.717, 1.165) is 17.7 Å². The molecule has 0 spiro atoms. The summed E-state index contributed by atoms with van der Waals surface area (Å²) >= 11 is 0. The number of fused-ring (bicyclic) bond motifs is 1. The largest absolute Gasteiger partial charge is 0.490 e. The average Bonchev–Trinajstić information content (AvgIpc) is 3.16. The molecule has 3 aliphatic heterocycles. The lowest BCUT2D eigenvalue weighted by atomic mass is 9.92. The van der Waals surface area contributed by atoms with Crippen LogP contribution < -0.4 is 10.6 Å². The van der Waals surface area contributed by atoms with Crippen molar-refractivity contribution in [1.82, 2.24) is 15.1 Å². The predicted octanol–water partition coefficient (Wildman–Crippen LogP) is 1.24. The molecule has 2 saturated heterocycles. The molecule has 16 heteroatoms. The number of imide groups is 2. The fraction of sp³-hybridized carbons (Fsp3) is 0.480. The molecule has 0 bridgehead atoms. The first kappa shape index (κ1) is 31.0. The van der Waals surface area contributed by atoms with Gasteiger partial charge in [0.2, 0.25) is 17.7 Å². The zero-order chi connectivity index (χ0) is 30.5. The SMILES string of the molecule is O=C(O)C(F)(F)F.O=C(O)CCC1CCN(C(=O)CNc2cccc3c2C(=O)N(C2CCC(=O)NC2=O)C3=O)CC1. The first-order valence-electron chi connectivity index (χ1n) is 12.6. The molecule has 0 aromatic heterocycles. The van der Waals surface area contributed by atoms with Gasteiger partial charge in [-0.1, -0.05) is 6.07 Å². The predicted molar refractivity (Wildman–Crippen MR) is 131 cm³/mol. The third-order valence-corrected chi connectivity index (χ3v) is 6.87. The highest BCUT2D eigenvalue weighted by Gasteiger charge is 2.45. The minimum Gasteiger partial charge on any atom is -0.481 e. The molecule has 2 fully saturated rings. The van der Waals surface area contributed by atoms with Crippen molar-refractivity contribution in [2.24, 2.45) is 5.92 Å². The first-order chi connectivity index (χ1) is 19.2. The molecule has 0 aliphatic carbocycles. The summed E-state index contributed by atoms with van der Waals surface area (Å²) < 4.78 is 31.7. The molecule has 1 unspecified atom stereocenters. The third-order valence-electron chi connectivity index (χ3n) is 6.87. The van der Waals surface area contributed by atoms with Gasteiger partial charge in [0.1, 0.15) is 6.04 Å². The van der Waals surface area contributed by atoms with E-state index in [1.807, 2.05) is 0 Å². The Morgan fingerprint density at radius 2 is 1.63 bits per heavy atom. The van der Waals surface area contributed by atoms with E-state index >= 15 is 0 Å². The van der Waals surface area contributed by atoms with Gasteiger partial charge in [-0.3, -0.25) is 39.0 Å². The van der Waals surface area contributed by atoms with Crippen LogP contribution in [0.15, 0.2) is 18.2 Å². The number of carbonyl (C=O) groups excluding carboxylic acids is 5. The Morgan fingerprint density at radius 1 is 1.00 bits per heavy atom. The maximum atomic E-state index is 13.1. The molecule has 13 nitrogen and oxygen atoms in total. The highest BCUT2D eigenvalue weighted by atomic mass is 19.4. The van der Waals surface area contributed by atoms with Gasteiger partial charge in [0, 0.05) is 31.6 Å². The number of carboxylic acid groups (broad SMARTS) is 2. The number of alkyl halides is 3. The summed E-state index contributed by atoms with van der Waals surface area (Å²) in [5.74, 6) is -5.81. The van der Waals surface area contributed by atoms with E-state index in [1.165, 1.54) is 6.07 Å². The van der Waals surface area contributed by atoms with Gasteiger partial charge in [-0.05, 0) is 43.7 Å². The lowest BCUT2D eigenvalue weighted by molar-refractivity contribution is -0.192. The first-order valence-corrected chi connectivity index (χ1v) is 12.6. The van der Waals surface area contributed by atoms with Crippen molar-refractivity contribution >= 4 is 47.2 Å². The smallest absolute Gasteiger partial charge is 0.481 e. The third kappa shape index (κ3) is 7.58. The van der Waals surface area contributed by atoms with Gasteiger partial charge < -0.3 is 20.4 Å². The fourth-order valence-corrected chi connectivity index (χ4v) is 4.74. The number of hydrogen-bond donors (Lipinski definition) is 4. The fourth-order valence-electron chi connectivity index (χ4n) is 4.74. The lowest BCUT2D eigenvalue weighted by Crippen LogP contribution is -2.54. The number of amides is 5. The monoisotopic (exact) mass is 584 g/mol. The molecule has 1 aromatic carbocycles. The van der Waals surface area contributed by atoms with Crippen LogP contribution in [-0.2, 0) is 24.0 Å². The Labute approximate surface area is 230 Å². The molecule has 3 aliphatic rings. The molecule has 0 radical (unpaired) electrons. The summed E-state index contributed by atoms with van der Waals surface area (Å²) in [4.78, 5) is 84.6. The van der Waals surface area contributed by atoms with Gasteiger partial charge in [0.05, 0.1) is 17.7 Å². The van der Waals surface area contributed by atoms with Crippen molar-refractivity contribution in [1.29, 1.82) is 0 Å². The Bertz CT molecular complexity index is 1260. The van der Waals surface area contributed by atoms with E-state index in [-0.39, 0.29) is 48.8 Å². The molecule has 5 amide bonds. The second kappa shape index (κ2) is 12.8. The minimum absolute atomic E-state index is 0.0381. The van der Waals surface area contributed by atoms with Crippen LogP contribution >= 0.6 is 0 Å². The standard InChI is InChI=1S/C23H26N4O7.C2HF3O2/c28-17-6-5-16(21(32)25-17)27-22(33)14-2-1-3-15(20(14)23(27)34)24-12-18(29)26-10-8-13(9-11-26)4-7-19(30)31;3-2(4,5)1(6)7/h1-3,13,16,24H,4-12H2,(H,30,31)(H,25,28,32);(H,6,7). The number of benzene rings is 1. The number of halogens is 3. The number of nitrogens with one attached hydrogen (secondary N) is 2. The van der Waals surface area contributed by atoms with Gasteiger partial charge in [-0.25, -0.2) is 4.79 Å². The molecule has 1 atom stereocenters. The van der Waals surface area contributed by atoms with Gasteiger partial charge >= 0.3 is 18.1 Å². The molecule has 1 aromatic rings. The number of hydrogen-bond acceptors (Lipinski definition) is 8. The number of likely N-dealkylation sites (tertiary alicyclic amines) is 1. The van der Waals surface area contributed by atoms with Crippen molar-refractivity contribution in [2.45, 2.75) is 50.7 Å². The van der Waals surface area contributed by atoms with E-state index in [4.69, 9.17) is 15.0 Å². The summed E-state index contributed by atoms with van der Waals surface area (Å²) in [7, 11) is 0. The van der Waals surface area contributed by atoms with E-state index in [9.17, 15) is 41.9 Å². The van der Waals surface area contributed by atoms with Crippen LogP contribution in [0.2, 0.25) is 0 Å². The number of piperidine rings is 2. The van der Waals surface area contributed by atoms with Crippen LogP contribution in [0.3, 0.4) is 0 Å². The van der Waals surface area contributed by atoms with Crippen LogP contribution in [0.4, 0.5) is 18.9 Å². The Kier molecular flexibility index (Phi) is 9.67. The van der Waals surface area contributed by atoms with Gasteiger partial charge in [-0.2, -0.15) is 13.2 Å². The number of rotatable bonds is 7. The molecule has 0 saturated carbocycles. The van der Waals surface area contributed by atoms with E-state index in [0.29, 0.717) is 25.2 Å². The quantitative estimate of drug-likeness (QED) is 0.339. The number of nitrogens with zero attached hydrogens (tertiary/aromatic N) is 2. The molecular weight excluding hydrogens is 557 g/mol. The summed E-state index contributed by atoms with van der Waals surface area (Å²) in [6.07, 6.45) is -2.76. The topological polar surface area (TPSA) is 190 Å². The Morgan fingerprint density at radius 3 is 2.20 bits per heavy atom. The highest BCUT2D eigenvalue weighted by molar-refractivity contribution is 6.25. The molecule has 222 valence electrons. The summed E-state index contributed by atoms with van der Waals surface area (Å²) in [5, 5.41) is 21.1. The van der Waals surface area contributed by atoms with E-state index in [1.54, 1.807) is 17.0 Å². The van der Waals surface area contributed by atoms with Crippen LogP contribution in [0.5, 0.6) is 0 Å². The average molecular weight is 585 g/mol. The van der Waals surface area contributed by atoms with Crippen molar-refractivity contribution in [3.8, 4) is 0 Å². The number of carbonyl (C=O) groups is 7. The molecule has 3 heterocycles. The minimum atomic E-state index is -5.08.